The molecular formula is C18H20N6O3S. The van der Waals surface area contributed by atoms with Crippen molar-refractivity contribution in [3.05, 3.63) is 41.2 Å². The number of piperidine rings is 1. The number of rotatable bonds is 6. The van der Waals surface area contributed by atoms with E-state index in [4.69, 9.17) is 9.26 Å². The van der Waals surface area contributed by atoms with Gasteiger partial charge in [-0.3, -0.25) is 4.79 Å². The van der Waals surface area contributed by atoms with Crippen molar-refractivity contribution in [2.75, 3.05) is 20.3 Å². The fourth-order valence-corrected chi connectivity index (χ4v) is 3.90. The third kappa shape index (κ3) is 3.92. The van der Waals surface area contributed by atoms with E-state index in [2.05, 4.69) is 25.1 Å². The lowest BCUT2D eigenvalue weighted by Crippen LogP contribution is -2.38. The van der Waals surface area contributed by atoms with Crippen molar-refractivity contribution in [3.8, 4) is 10.8 Å². The monoisotopic (exact) mass is 400 g/mol. The van der Waals surface area contributed by atoms with Crippen LogP contribution in [0.1, 0.15) is 47.5 Å². The predicted octanol–water partition coefficient (Wildman–Crippen LogP) is 2.54. The molecule has 0 aliphatic carbocycles. The van der Waals surface area contributed by atoms with Crippen molar-refractivity contribution >= 4 is 17.2 Å². The Morgan fingerprint density at radius 2 is 2.18 bits per heavy atom. The van der Waals surface area contributed by atoms with E-state index in [9.17, 15) is 4.79 Å². The predicted molar refractivity (Wildman–Crippen MR) is 101 cm³/mol. The molecule has 0 N–H and O–H groups in total. The number of carbonyl (C=O) groups excluding carboxylic acids is 1. The first-order chi connectivity index (χ1) is 13.8. The zero-order valence-corrected chi connectivity index (χ0v) is 16.3. The SMILES string of the molecule is COCCc1noc(C2CCCCN2C(=O)c2csc(-c3ncccn3)n2)n1. The number of aromatic nitrogens is 5. The second-order valence-corrected chi connectivity index (χ2v) is 7.27. The number of amides is 1. The summed E-state index contributed by atoms with van der Waals surface area (Å²) in [6, 6.07) is 1.51. The number of thiazole rings is 1. The van der Waals surface area contributed by atoms with Gasteiger partial charge >= 0.3 is 0 Å². The maximum atomic E-state index is 13.1. The Bertz CT molecular complexity index is 928. The molecule has 3 aromatic rings. The van der Waals surface area contributed by atoms with Crippen LogP contribution in [-0.4, -0.2) is 56.2 Å². The summed E-state index contributed by atoms with van der Waals surface area (Å²) >= 11 is 1.36. The molecular weight excluding hydrogens is 380 g/mol. The van der Waals surface area contributed by atoms with Crippen molar-refractivity contribution in [2.45, 2.75) is 31.7 Å². The van der Waals surface area contributed by atoms with Crippen LogP contribution >= 0.6 is 11.3 Å². The Hall–Kier alpha value is -2.72. The largest absolute Gasteiger partial charge is 0.384 e. The molecule has 10 heteroatoms. The topological polar surface area (TPSA) is 107 Å². The molecule has 9 nitrogen and oxygen atoms in total. The molecule has 0 spiro atoms. The molecule has 1 amide bonds. The third-order valence-corrected chi connectivity index (χ3v) is 5.38. The average molecular weight is 400 g/mol. The van der Waals surface area contributed by atoms with E-state index >= 15 is 0 Å². The van der Waals surface area contributed by atoms with Crippen LogP contribution in [0.3, 0.4) is 0 Å². The first-order valence-electron chi connectivity index (χ1n) is 9.11. The van der Waals surface area contributed by atoms with Gasteiger partial charge in [-0.1, -0.05) is 5.16 Å². The number of ether oxygens (including phenoxy) is 1. The summed E-state index contributed by atoms with van der Waals surface area (Å²) in [7, 11) is 1.63. The van der Waals surface area contributed by atoms with Crippen LogP contribution in [0.5, 0.6) is 0 Å². The van der Waals surface area contributed by atoms with Gasteiger partial charge in [-0.05, 0) is 25.3 Å². The fourth-order valence-electron chi connectivity index (χ4n) is 3.16. The van der Waals surface area contributed by atoms with Gasteiger partial charge in [0, 0.05) is 37.8 Å². The molecule has 4 heterocycles. The van der Waals surface area contributed by atoms with Crippen LogP contribution in [0, 0.1) is 0 Å². The Kier molecular flexibility index (Phi) is 5.68. The Morgan fingerprint density at radius 1 is 1.32 bits per heavy atom. The van der Waals surface area contributed by atoms with Gasteiger partial charge in [0.25, 0.3) is 5.91 Å². The zero-order valence-electron chi connectivity index (χ0n) is 15.4. The molecule has 0 saturated carbocycles. The normalized spacial score (nSPS) is 17.0. The molecule has 1 atom stereocenters. The van der Waals surface area contributed by atoms with E-state index in [0.29, 0.717) is 47.8 Å². The molecule has 1 unspecified atom stereocenters. The highest BCUT2D eigenvalue weighted by atomic mass is 32.1. The first kappa shape index (κ1) is 18.6. The minimum atomic E-state index is -0.233. The zero-order chi connectivity index (χ0) is 19.3. The summed E-state index contributed by atoms with van der Waals surface area (Å²) in [4.78, 5) is 32.2. The molecule has 28 heavy (non-hydrogen) atoms. The number of likely N-dealkylation sites (tertiary alicyclic amines) is 1. The summed E-state index contributed by atoms with van der Waals surface area (Å²) < 4.78 is 10.5. The molecule has 0 bridgehead atoms. The number of carbonyl (C=O) groups is 1. The highest BCUT2D eigenvalue weighted by Crippen LogP contribution is 2.32. The van der Waals surface area contributed by atoms with Crippen molar-refractivity contribution in [3.63, 3.8) is 0 Å². The van der Waals surface area contributed by atoms with Gasteiger partial charge in [-0.25, -0.2) is 15.0 Å². The van der Waals surface area contributed by atoms with Gasteiger partial charge < -0.3 is 14.2 Å². The van der Waals surface area contributed by atoms with Crippen LogP contribution in [0.25, 0.3) is 10.8 Å². The van der Waals surface area contributed by atoms with Crippen LogP contribution in [0.4, 0.5) is 0 Å². The summed E-state index contributed by atoms with van der Waals surface area (Å²) in [6.45, 7) is 1.16. The quantitative estimate of drug-likeness (QED) is 0.621. The summed E-state index contributed by atoms with van der Waals surface area (Å²) in [5.41, 5.74) is 0.387. The summed E-state index contributed by atoms with van der Waals surface area (Å²) in [5, 5.41) is 6.37. The second-order valence-electron chi connectivity index (χ2n) is 6.41. The van der Waals surface area contributed by atoms with Gasteiger partial charge in [0.1, 0.15) is 11.7 Å². The van der Waals surface area contributed by atoms with Crippen LogP contribution in [0.15, 0.2) is 28.4 Å². The standard InChI is InChI=1S/C18H20N6O3S/c1-26-10-6-14-22-16(27-23-14)13-5-2-3-9-24(13)18(25)12-11-28-17(21-12)15-19-7-4-8-20-15/h4,7-8,11,13H,2-3,5-6,9-10H2,1H3. The number of nitrogens with zero attached hydrogens (tertiary/aromatic N) is 6. The van der Waals surface area contributed by atoms with Crippen molar-refractivity contribution in [2.24, 2.45) is 0 Å². The van der Waals surface area contributed by atoms with Crippen molar-refractivity contribution in [1.29, 1.82) is 0 Å². The molecule has 1 saturated heterocycles. The maximum absolute atomic E-state index is 13.1. The maximum Gasteiger partial charge on any atom is 0.274 e. The molecule has 1 fully saturated rings. The first-order valence-corrected chi connectivity index (χ1v) is 9.99. The summed E-state index contributed by atoms with van der Waals surface area (Å²) in [6.07, 6.45) is 6.62. The lowest BCUT2D eigenvalue weighted by molar-refractivity contribution is 0.0556. The minimum Gasteiger partial charge on any atom is -0.384 e. The highest BCUT2D eigenvalue weighted by molar-refractivity contribution is 7.13. The number of methoxy groups -OCH3 is 1. The van der Waals surface area contributed by atoms with Crippen LogP contribution < -0.4 is 0 Å². The minimum absolute atomic E-state index is 0.139. The lowest BCUT2D eigenvalue weighted by Gasteiger charge is -2.32. The van der Waals surface area contributed by atoms with Gasteiger partial charge in [-0.2, -0.15) is 4.98 Å². The van der Waals surface area contributed by atoms with Crippen LogP contribution in [0.2, 0.25) is 0 Å². The van der Waals surface area contributed by atoms with E-state index < -0.39 is 0 Å². The average Bonchev–Trinajstić information content (AvgIpc) is 3.42. The molecule has 0 radical (unpaired) electrons. The Balaban J connectivity index is 1.53. The van der Waals surface area contributed by atoms with Gasteiger partial charge in [-0.15, -0.1) is 11.3 Å². The van der Waals surface area contributed by atoms with Crippen molar-refractivity contribution in [1.82, 2.24) is 30.0 Å². The van der Waals surface area contributed by atoms with E-state index in [1.165, 1.54) is 11.3 Å². The fraction of sp³-hybridized carbons (Fsp3) is 0.444. The highest BCUT2D eigenvalue weighted by Gasteiger charge is 2.33. The van der Waals surface area contributed by atoms with Gasteiger partial charge in [0.15, 0.2) is 16.7 Å². The van der Waals surface area contributed by atoms with E-state index in [1.807, 2.05) is 0 Å². The molecule has 0 aromatic carbocycles. The smallest absolute Gasteiger partial charge is 0.274 e. The van der Waals surface area contributed by atoms with Gasteiger partial charge in [0.05, 0.1) is 6.61 Å². The molecule has 1 aliphatic rings. The van der Waals surface area contributed by atoms with Gasteiger partial charge in [0.2, 0.25) is 5.89 Å². The molecule has 1 aliphatic heterocycles. The number of hydrogen-bond donors (Lipinski definition) is 0. The van der Waals surface area contributed by atoms with E-state index in [-0.39, 0.29) is 11.9 Å². The molecule has 146 valence electrons. The summed E-state index contributed by atoms with van der Waals surface area (Å²) in [5.74, 6) is 1.44. The lowest BCUT2D eigenvalue weighted by atomic mass is 10.0. The molecule has 3 aromatic heterocycles. The molecule has 4 rings (SSSR count). The second kappa shape index (κ2) is 8.53. The van der Waals surface area contributed by atoms with E-state index in [1.54, 1.807) is 35.8 Å². The number of hydrogen-bond acceptors (Lipinski definition) is 9. The van der Waals surface area contributed by atoms with Crippen molar-refractivity contribution < 1.29 is 14.1 Å². The Labute approximate surface area is 165 Å². The third-order valence-electron chi connectivity index (χ3n) is 4.54. The van der Waals surface area contributed by atoms with Crippen LogP contribution in [-0.2, 0) is 11.2 Å². The Morgan fingerprint density at radius 3 is 3.00 bits per heavy atom. The van der Waals surface area contributed by atoms with E-state index in [0.717, 1.165) is 19.3 Å².